The van der Waals surface area contributed by atoms with Crippen LogP contribution in [0.5, 0.6) is 0 Å². The van der Waals surface area contributed by atoms with Crippen LogP contribution in [0.25, 0.3) is 0 Å². The molecule has 0 aromatic heterocycles. The second kappa shape index (κ2) is 17.3. The molecule has 0 radical (unpaired) electrons. The molecule has 2 nitrogen and oxygen atoms in total. The van der Waals surface area contributed by atoms with Crippen molar-refractivity contribution in [3.05, 3.63) is 24.8 Å². The zero-order valence-electron chi connectivity index (χ0n) is 15.2. The molecule has 0 heterocycles. The van der Waals surface area contributed by atoms with E-state index in [0.29, 0.717) is 0 Å². The van der Waals surface area contributed by atoms with Gasteiger partial charge < -0.3 is 9.47 Å². The quantitative estimate of drug-likeness (QED) is 0.195. The van der Waals surface area contributed by atoms with Gasteiger partial charge in [-0.3, -0.25) is 0 Å². The Morgan fingerprint density at radius 1 is 1.04 bits per heavy atom. The molecule has 0 aromatic carbocycles. The van der Waals surface area contributed by atoms with Crippen molar-refractivity contribution in [2.75, 3.05) is 19.8 Å². The molecule has 132 valence electrons. The summed E-state index contributed by atoms with van der Waals surface area (Å²) < 4.78 is 11.4. The van der Waals surface area contributed by atoms with Crippen LogP contribution in [0.1, 0.15) is 71.1 Å². The normalized spacial score (nSPS) is 11.8. The summed E-state index contributed by atoms with van der Waals surface area (Å²) >= 11 is 0. The van der Waals surface area contributed by atoms with Crippen molar-refractivity contribution in [1.82, 2.24) is 0 Å². The van der Waals surface area contributed by atoms with Crippen LogP contribution in [0.4, 0.5) is 0 Å². The molecule has 0 aliphatic rings. The first-order chi connectivity index (χ1) is 11.2. The van der Waals surface area contributed by atoms with Crippen molar-refractivity contribution >= 4 is 0 Å². The Morgan fingerprint density at radius 3 is 2.22 bits per heavy atom. The Balaban J connectivity index is 3.25. The van der Waals surface area contributed by atoms with Gasteiger partial charge in [-0.15, -0.1) is 19.6 Å². The van der Waals surface area contributed by atoms with E-state index < -0.39 is 0 Å². The van der Waals surface area contributed by atoms with Crippen LogP contribution in [0, 0.1) is 12.3 Å². The third-order valence-corrected chi connectivity index (χ3v) is 3.72. The van der Waals surface area contributed by atoms with Gasteiger partial charge in [0.2, 0.25) is 0 Å². The van der Waals surface area contributed by atoms with Gasteiger partial charge in [0.1, 0.15) is 6.10 Å². The Bertz CT molecular complexity index is 327. The molecule has 23 heavy (non-hydrogen) atoms. The van der Waals surface area contributed by atoms with Crippen LogP contribution in [0.3, 0.4) is 0 Å². The summed E-state index contributed by atoms with van der Waals surface area (Å²) in [7, 11) is 0. The van der Waals surface area contributed by atoms with Crippen molar-refractivity contribution in [2.24, 2.45) is 0 Å². The first-order valence-corrected chi connectivity index (χ1v) is 9.11. The number of allylic oxidation sites excluding steroid dienone is 2. The average molecular weight is 321 g/mol. The molecule has 0 spiro atoms. The molecule has 0 saturated heterocycles. The average Bonchev–Trinajstić information content (AvgIpc) is 2.54. The minimum Gasteiger partial charge on any atom is -0.381 e. The summed E-state index contributed by atoms with van der Waals surface area (Å²) in [5.74, 6) is 2.71. The highest BCUT2D eigenvalue weighted by Gasteiger charge is 2.04. The summed E-state index contributed by atoms with van der Waals surface area (Å²) in [5, 5.41) is 0. The van der Waals surface area contributed by atoms with Gasteiger partial charge in [0.05, 0.1) is 0 Å². The highest BCUT2D eigenvalue weighted by molar-refractivity contribution is 4.98. The number of rotatable bonds is 17. The third kappa shape index (κ3) is 17.2. The fourth-order valence-electron chi connectivity index (χ4n) is 2.25. The lowest BCUT2D eigenvalue weighted by molar-refractivity contribution is 0.0816. The second-order valence-corrected chi connectivity index (χ2v) is 6.19. The molecule has 0 N–H and O–H groups in total. The maximum absolute atomic E-state index is 5.72. The molecule has 1 unspecified atom stereocenters. The Kier molecular flexibility index (Phi) is 16.5. The molecule has 0 rings (SSSR count). The maximum Gasteiger partial charge on any atom is 0.118 e. The largest absolute Gasteiger partial charge is 0.381 e. The lowest BCUT2D eigenvalue weighted by Crippen LogP contribution is -2.11. The predicted molar refractivity (Wildman–Crippen MR) is 101 cm³/mol. The van der Waals surface area contributed by atoms with Gasteiger partial charge in [-0.2, -0.15) is 0 Å². The van der Waals surface area contributed by atoms with Crippen molar-refractivity contribution in [3.63, 3.8) is 0 Å². The van der Waals surface area contributed by atoms with E-state index in [1.807, 2.05) is 13.0 Å². The van der Waals surface area contributed by atoms with E-state index in [-0.39, 0.29) is 6.10 Å². The number of terminal acetylenes is 1. The van der Waals surface area contributed by atoms with Crippen LogP contribution < -0.4 is 0 Å². The van der Waals surface area contributed by atoms with Crippen molar-refractivity contribution in [1.29, 1.82) is 0 Å². The Morgan fingerprint density at radius 2 is 1.65 bits per heavy atom. The van der Waals surface area contributed by atoms with Gasteiger partial charge in [-0.1, -0.05) is 36.8 Å². The first kappa shape index (κ1) is 22.0. The van der Waals surface area contributed by atoms with Crippen molar-refractivity contribution < 1.29 is 9.47 Å². The number of ether oxygens (including phenoxy) is 2. The minimum atomic E-state index is -0.0591. The van der Waals surface area contributed by atoms with Gasteiger partial charge in [-0.05, 0) is 51.9 Å². The topological polar surface area (TPSA) is 18.5 Å². The number of hydrogen-bond donors (Lipinski definition) is 0. The van der Waals surface area contributed by atoms with Crippen LogP contribution in [-0.4, -0.2) is 25.9 Å². The zero-order valence-corrected chi connectivity index (χ0v) is 15.2. The van der Waals surface area contributed by atoms with Crippen LogP contribution in [0.15, 0.2) is 24.8 Å². The number of unbranched alkanes of at least 4 members (excludes halogenated alkanes) is 6. The fraction of sp³-hybridized carbons (Fsp3) is 0.714. The standard InChI is InChI=1S/C21H36O2/c1-5-7-8-9-12-17-22-18-13-10-11-14-19-23-21(6-2)16-15-20(3)4/h2,5,21H,1,3,7-19H2,4H3. The van der Waals surface area contributed by atoms with Gasteiger partial charge in [0.25, 0.3) is 0 Å². The molecule has 0 aliphatic carbocycles. The van der Waals surface area contributed by atoms with Crippen LogP contribution in [0.2, 0.25) is 0 Å². The molecular weight excluding hydrogens is 284 g/mol. The summed E-state index contributed by atoms with van der Waals surface area (Å²) in [4.78, 5) is 0. The van der Waals surface area contributed by atoms with Gasteiger partial charge in [0.15, 0.2) is 0 Å². The van der Waals surface area contributed by atoms with E-state index in [2.05, 4.69) is 19.1 Å². The summed E-state index contributed by atoms with van der Waals surface area (Å²) in [6.45, 7) is 12.2. The highest BCUT2D eigenvalue weighted by Crippen LogP contribution is 2.09. The van der Waals surface area contributed by atoms with Gasteiger partial charge in [-0.25, -0.2) is 0 Å². The maximum atomic E-state index is 5.72. The summed E-state index contributed by atoms with van der Waals surface area (Å²) in [6, 6.07) is 0. The van der Waals surface area contributed by atoms with E-state index in [1.54, 1.807) is 0 Å². The molecule has 0 aliphatic heterocycles. The molecule has 0 saturated carbocycles. The predicted octanol–water partition coefficient (Wildman–Crippen LogP) is 5.68. The van der Waals surface area contributed by atoms with E-state index in [4.69, 9.17) is 15.9 Å². The third-order valence-electron chi connectivity index (χ3n) is 3.72. The van der Waals surface area contributed by atoms with E-state index in [9.17, 15) is 0 Å². The molecule has 0 bridgehead atoms. The molecule has 1 atom stereocenters. The smallest absolute Gasteiger partial charge is 0.118 e. The molecule has 0 amide bonds. The minimum absolute atomic E-state index is 0.0591. The lowest BCUT2D eigenvalue weighted by Gasteiger charge is -2.12. The Labute approximate surface area is 144 Å². The lowest BCUT2D eigenvalue weighted by atomic mass is 10.1. The summed E-state index contributed by atoms with van der Waals surface area (Å²) in [6.07, 6.45) is 18.6. The van der Waals surface area contributed by atoms with E-state index in [1.165, 1.54) is 32.1 Å². The fourth-order valence-corrected chi connectivity index (χ4v) is 2.25. The molecule has 0 fully saturated rings. The van der Waals surface area contributed by atoms with Gasteiger partial charge in [0, 0.05) is 19.8 Å². The molecular formula is C21H36O2. The summed E-state index contributed by atoms with van der Waals surface area (Å²) in [5.41, 5.74) is 1.16. The molecule has 2 heteroatoms. The SMILES string of the molecule is C#CC(CCC(=C)C)OCCCCCCOCCCCCC=C. The van der Waals surface area contributed by atoms with E-state index in [0.717, 1.165) is 57.5 Å². The highest BCUT2D eigenvalue weighted by atomic mass is 16.5. The van der Waals surface area contributed by atoms with Crippen molar-refractivity contribution in [3.8, 4) is 12.3 Å². The molecule has 0 aromatic rings. The van der Waals surface area contributed by atoms with Crippen LogP contribution >= 0.6 is 0 Å². The van der Waals surface area contributed by atoms with Gasteiger partial charge >= 0.3 is 0 Å². The first-order valence-electron chi connectivity index (χ1n) is 9.11. The monoisotopic (exact) mass is 320 g/mol. The van der Waals surface area contributed by atoms with E-state index >= 15 is 0 Å². The zero-order chi connectivity index (χ0) is 17.2. The Hall–Kier alpha value is -1.04. The van der Waals surface area contributed by atoms with Crippen molar-refractivity contribution in [2.45, 2.75) is 77.2 Å². The number of hydrogen-bond acceptors (Lipinski definition) is 2. The van der Waals surface area contributed by atoms with Crippen LogP contribution in [-0.2, 0) is 9.47 Å². The second-order valence-electron chi connectivity index (χ2n) is 6.19.